The van der Waals surface area contributed by atoms with Crippen LogP contribution in [0.5, 0.6) is 0 Å². The van der Waals surface area contributed by atoms with E-state index >= 15 is 0 Å². The Labute approximate surface area is 120 Å². The van der Waals surface area contributed by atoms with E-state index in [1.807, 2.05) is 6.07 Å². The van der Waals surface area contributed by atoms with Gasteiger partial charge in [0.15, 0.2) is 0 Å². The van der Waals surface area contributed by atoms with Crippen molar-refractivity contribution in [3.8, 4) is 6.07 Å². The maximum absolute atomic E-state index is 13.9. The summed E-state index contributed by atoms with van der Waals surface area (Å²) >= 11 is 5.98. The molecule has 0 radical (unpaired) electrons. The molecule has 1 aromatic rings. The van der Waals surface area contributed by atoms with Crippen LogP contribution >= 0.6 is 11.6 Å². The molecule has 0 aromatic heterocycles. The van der Waals surface area contributed by atoms with Crippen molar-refractivity contribution in [2.45, 2.75) is 12.1 Å². The van der Waals surface area contributed by atoms with Crippen LogP contribution in [-0.4, -0.2) is 36.6 Å². The highest BCUT2D eigenvalue weighted by molar-refractivity contribution is 6.31. The van der Waals surface area contributed by atoms with Crippen molar-refractivity contribution >= 4 is 17.5 Å². The number of hydrogen-bond acceptors (Lipinski definition) is 4. The highest BCUT2D eigenvalue weighted by Crippen LogP contribution is 2.30. The standard InChI is InChI=1S/C13H13ClFN3O2/c14-8-2-1-3-9(15)12(8)10(6-16)18-4-5-20-11(7-18)13(17)19/h1-3,10-11H,4-5,7H2,(H2,17,19)/t10-,11-/m1/s1. The van der Waals surface area contributed by atoms with E-state index in [0.717, 1.165) is 0 Å². The lowest BCUT2D eigenvalue weighted by molar-refractivity contribution is -0.135. The number of rotatable bonds is 3. The molecular formula is C13H13ClFN3O2. The number of nitrogens with two attached hydrogens (primary N) is 1. The van der Waals surface area contributed by atoms with Crippen LogP contribution < -0.4 is 5.73 Å². The van der Waals surface area contributed by atoms with E-state index in [1.54, 1.807) is 4.90 Å². The highest BCUT2D eigenvalue weighted by atomic mass is 35.5. The first kappa shape index (κ1) is 14.7. The topological polar surface area (TPSA) is 79.3 Å². The average Bonchev–Trinajstić information content (AvgIpc) is 2.43. The van der Waals surface area contributed by atoms with Gasteiger partial charge in [-0.3, -0.25) is 9.69 Å². The fraction of sp³-hybridized carbons (Fsp3) is 0.385. The van der Waals surface area contributed by atoms with Gasteiger partial charge in [0.2, 0.25) is 5.91 Å². The number of morpholine rings is 1. The van der Waals surface area contributed by atoms with Gasteiger partial charge in [-0.15, -0.1) is 0 Å². The van der Waals surface area contributed by atoms with Crippen LogP contribution in [0.2, 0.25) is 5.02 Å². The number of ether oxygens (including phenoxy) is 1. The van der Waals surface area contributed by atoms with E-state index < -0.39 is 23.9 Å². The van der Waals surface area contributed by atoms with E-state index in [-0.39, 0.29) is 23.7 Å². The van der Waals surface area contributed by atoms with E-state index in [9.17, 15) is 14.4 Å². The second-order valence-corrected chi connectivity index (χ2v) is 4.83. The molecule has 1 saturated heterocycles. The lowest BCUT2D eigenvalue weighted by Crippen LogP contribution is -2.49. The van der Waals surface area contributed by atoms with Gasteiger partial charge in [-0.05, 0) is 12.1 Å². The maximum Gasteiger partial charge on any atom is 0.247 e. The molecule has 0 bridgehead atoms. The Balaban J connectivity index is 2.29. The smallest absolute Gasteiger partial charge is 0.247 e. The Morgan fingerprint density at radius 3 is 3.00 bits per heavy atom. The summed E-state index contributed by atoms with van der Waals surface area (Å²) in [6.45, 7) is 0.781. The van der Waals surface area contributed by atoms with Gasteiger partial charge in [-0.1, -0.05) is 17.7 Å². The zero-order valence-electron chi connectivity index (χ0n) is 10.6. The van der Waals surface area contributed by atoms with E-state index in [4.69, 9.17) is 22.1 Å². The normalized spacial score (nSPS) is 21.1. The number of hydrogen-bond donors (Lipinski definition) is 1. The molecule has 0 saturated carbocycles. The van der Waals surface area contributed by atoms with E-state index in [0.29, 0.717) is 6.54 Å². The van der Waals surface area contributed by atoms with Gasteiger partial charge in [-0.25, -0.2) is 4.39 Å². The van der Waals surface area contributed by atoms with Crippen LogP contribution in [0.4, 0.5) is 4.39 Å². The molecule has 1 fully saturated rings. The monoisotopic (exact) mass is 297 g/mol. The van der Waals surface area contributed by atoms with Crippen LogP contribution in [0.3, 0.4) is 0 Å². The molecule has 0 aliphatic carbocycles. The minimum absolute atomic E-state index is 0.113. The summed E-state index contributed by atoms with van der Waals surface area (Å²) in [5, 5.41) is 9.51. The third-order valence-electron chi connectivity index (χ3n) is 3.18. The molecule has 0 unspecified atom stereocenters. The number of halogens is 2. The summed E-state index contributed by atoms with van der Waals surface area (Å²) < 4.78 is 19.1. The molecular weight excluding hydrogens is 285 g/mol. The van der Waals surface area contributed by atoms with Crippen molar-refractivity contribution in [2.75, 3.05) is 19.7 Å². The van der Waals surface area contributed by atoms with Gasteiger partial charge < -0.3 is 10.5 Å². The van der Waals surface area contributed by atoms with Gasteiger partial charge in [0.05, 0.1) is 12.7 Å². The fourth-order valence-electron chi connectivity index (χ4n) is 2.18. The molecule has 7 heteroatoms. The van der Waals surface area contributed by atoms with E-state index in [1.165, 1.54) is 18.2 Å². The van der Waals surface area contributed by atoms with Gasteiger partial charge in [-0.2, -0.15) is 5.26 Å². The van der Waals surface area contributed by atoms with Gasteiger partial charge in [0.25, 0.3) is 0 Å². The minimum atomic E-state index is -0.880. The molecule has 2 N–H and O–H groups in total. The number of nitrogens with zero attached hydrogens (tertiary/aromatic N) is 2. The van der Waals surface area contributed by atoms with Crippen LogP contribution in [0, 0.1) is 17.1 Å². The predicted molar refractivity (Wildman–Crippen MR) is 70.3 cm³/mol. The summed E-state index contributed by atoms with van der Waals surface area (Å²) in [6, 6.07) is 5.39. The molecule has 106 valence electrons. The van der Waals surface area contributed by atoms with Crippen LogP contribution in [0.25, 0.3) is 0 Å². The fourth-order valence-corrected chi connectivity index (χ4v) is 2.44. The number of primary amides is 1. The number of carbonyl (C=O) groups is 1. The van der Waals surface area contributed by atoms with Crippen molar-refractivity contribution in [1.29, 1.82) is 5.26 Å². The SMILES string of the molecule is N#C[C@H](c1c(F)cccc1Cl)N1CCO[C@@H](C(N)=O)C1. The second kappa shape index (κ2) is 6.18. The number of amides is 1. The number of benzene rings is 1. The zero-order valence-corrected chi connectivity index (χ0v) is 11.3. The molecule has 1 aliphatic heterocycles. The van der Waals surface area contributed by atoms with Crippen LogP contribution in [0.15, 0.2) is 18.2 Å². The number of nitriles is 1. The molecule has 2 atom stereocenters. The van der Waals surface area contributed by atoms with Gasteiger partial charge in [0, 0.05) is 23.7 Å². The molecule has 1 aliphatic rings. The Hall–Kier alpha value is -1.68. The zero-order chi connectivity index (χ0) is 14.7. The largest absolute Gasteiger partial charge is 0.367 e. The summed E-state index contributed by atoms with van der Waals surface area (Å²) in [5.74, 6) is -1.16. The summed E-state index contributed by atoms with van der Waals surface area (Å²) in [4.78, 5) is 12.8. The highest BCUT2D eigenvalue weighted by Gasteiger charge is 2.32. The summed E-state index contributed by atoms with van der Waals surface area (Å²) in [5.41, 5.74) is 5.31. The maximum atomic E-state index is 13.9. The number of carbonyl (C=O) groups excluding carboxylic acids is 1. The third-order valence-corrected chi connectivity index (χ3v) is 3.51. The minimum Gasteiger partial charge on any atom is -0.367 e. The Morgan fingerprint density at radius 2 is 2.40 bits per heavy atom. The van der Waals surface area contributed by atoms with Crippen molar-refractivity contribution in [3.05, 3.63) is 34.6 Å². The Bertz CT molecular complexity index is 541. The van der Waals surface area contributed by atoms with Crippen LogP contribution in [0.1, 0.15) is 11.6 Å². The van der Waals surface area contributed by atoms with Crippen molar-refractivity contribution in [2.24, 2.45) is 5.73 Å². The summed E-state index contributed by atoms with van der Waals surface area (Å²) in [6.07, 6.45) is -0.801. The van der Waals surface area contributed by atoms with E-state index in [2.05, 4.69) is 0 Å². The second-order valence-electron chi connectivity index (χ2n) is 4.42. The summed E-state index contributed by atoms with van der Waals surface area (Å²) in [7, 11) is 0. The molecule has 20 heavy (non-hydrogen) atoms. The average molecular weight is 298 g/mol. The first-order valence-electron chi connectivity index (χ1n) is 6.03. The molecule has 2 rings (SSSR count). The molecule has 0 spiro atoms. The molecule has 1 heterocycles. The van der Waals surface area contributed by atoms with Gasteiger partial charge >= 0.3 is 0 Å². The Morgan fingerprint density at radius 1 is 1.65 bits per heavy atom. The first-order valence-corrected chi connectivity index (χ1v) is 6.41. The first-order chi connectivity index (χ1) is 9.54. The Kier molecular flexibility index (Phi) is 4.55. The molecule has 5 nitrogen and oxygen atoms in total. The quantitative estimate of drug-likeness (QED) is 0.910. The molecule has 1 amide bonds. The van der Waals surface area contributed by atoms with Crippen molar-refractivity contribution in [3.63, 3.8) is 0 Å². The van der Waals surface area contributed by atoms with Crippen LogP contribution in [-0.2, 0) is 9.53 Å². The lowest BCUT2D eigenvalue weighted by Gasteiger charge is -2.34. The third kappa shape index (κ3) is 2.90. The molecule has 1 aromatic carbocycles. The lowest BCUT2D eigenvalue weighted by atomic mass is 10.0. The van der Waals surface area contributed by atoms with Crippen molar-refractivity contribution in [1.82, 2.24) is 4.90 Å². The van der Waals surface area contributed by atoms with Gasteiger partial charge in [0.1, 0.15) is 18.0 Å². The van der Waals surface area contributed by atoms with Crippen molar-refractivity contribution < 1.29 is 13.9 Å². The predicted octanol–water partition coefficient (Wildman–Crippen LogP) is 1.23.